The molecule has 1 N–H and O–H groups in total. The zero-order valence-electron chi connectivity index (χ0n) is 15.6. The van der Waals surface area contributed by atoms with Crippen molar-refractivity contribution in [2.24, 2.45) is 5.92 Å². The molecule has 2 aromatic carbocycles. The Morgan fingerprint density at radius 1 is 0.964 bits per heavy atom. The molecule has 0 saturated heterocycles. The number of benzene rings is 2. The molecule has 8 nitrogen and oxygen atoms in total. The van der Waals surface area contributed by atoms with Gasteiger partial charge in [0.2, 0.25) is 5.91 Å². The van der Waals surface area contributed by atoms with Crippen LogP contribution in [0.1, 0.15) is 6.92 Å². The maximum absolute atomic E-state index is 12.5. The van der Waals surface area contributed by atoms with Gasteiger partial charge in [-0.3, -0.25) is 8.98 Å². The van der Waals surface area contributed by atoms with Gasteiger partial charge in [0, 0.05) is 5.69 Å². The number of ether oxygens (including phenoxy) is 2. The number of rotatable bonds is 8. The van der Waals surface area contributed by atoms with Gasteiger partial charge in [0.25, 0.3) is 10.1 Å². The average Bonchev–Trinajstić information content (AvgIpc) is 2.72. The molecule has 2 aromatic rings. The highest BCUT2D eigenvalue weighted by Crippen LogP contribution is 2.21. The van der Waals surface area contributed by atoms with Crippen molar-refractivity contribution in [1.82, 2.24) is 0 Å². The van der Waals surface area contributed by atoms with E-state index in [2.05, 4.69) is 10.1 Å². The third-order valence-corrected chi connectivity index (χ3v) is 5.23. The van der Waals surface area contributed by atoms with Crippen LogP contribution in [0.5, 0.6) is 5.75 Å². The lowest BCUT2D eigenvalue weighted by atomic mass is 10.0. The molecule has 28 heavy (non-hydrogen) atoms. The molecule has 0 aliphatic heterocycles. The Morgan fingerprint density at radius 3 is 2.11 bits per heavy atom. The Morgan fingerprint density at radius 2 is 1.57 bits per heavy atom. The van der Waals surface area contributed by atoms with Crippen LogP contribution >= 0.6 is 0 Å². The topological polar surface area (TPSA) is 108 Å². The van der Waals surface area contributed by atoms with Gasteiger partial charge in [-0.1, -0.05) is 25.1 Å². The fourth-order valence-electron chi connectivity index (χ4n) is 2.29. The van der Waals surface area contributed by atoms with Crippen LogP contribution in [-0.4, -0.2) is 40.6 Å². The molecule has 2 atom stereocenters. The molecular formula is C19H21NO7S. The Balaban J connectivity index is 2.19. The van der Waals surface area contributed by atoms with Gasteiger partial charge in [-0.15, -0.1) is 0 Å². The lowest BCUT2D eigenvalue weighted by Crippen LogP contribution is -2.40. The highest BCUT2D eigenvalue weighted by molar-refractivity contribution is 7.86. The predicted octanol–water partition coefficient (Wildman–Crippen LogP) is 2.22. The number of methoxy groups -OCH3 is 2. The van der Waals surface area contributed by atoms with E-state index in [9.17, 15) is 18.0 Å². The number of amides is 1. The van der Waals surface area contributed by atoms with Crippen molar-refractivity contribution < 1.29 is 31.7 Å². The number of carbonyl (C=O) groups excluding carboxylic acids is 2. The van der Waals surface area contributed by atoms with Crippen LogP contribution in [0, 0.1) is 5.92 Å². The van der Waals surface area contributed by atoms with Crippen molar-refractivity contribution in [1.29, 1.82) is 0 Å². The first kappa shape index (κ1) is 21.4. The summed E-state index contributed by atoms with van der Waals surface area (Å²) in [6.07, 6.45) is -1.64. The standard InChI is InChI=1S/C19H21NO7S/c1-13(18(21)20-14-9-11-15(25-2)12-10-14)17(19(22)26-3)27-28(23,24)16-7-5-4-6-8-16/h4-13,17H,1-3H3,(H,20,21)/t13-,17+/m1/s1. The van der Waals surface area contributed by atoms with E-state index < -0.39 is 34.0 Å². The second kappa shape index (κ2) is 9.34. The Bertz CT molecular complexity index is 911. The second-order valence-electron chi connectivity index (χ2n) is 5.81. The van der Waals surface area contributed by atoms with E-state index in [1.165, 1.54) is 38.3 Å². The van der Waals surface area contributed by atoms with Gasteiger partial charge < -0.3 is 14.8 Å². The van der Waals surface area contributed by atoms with Crippen LogP contribution in [0.2, 0.25) is 0 Å². The van der Waals surface area contributed by atoms with Gasteiger partial charge in [-0.05, 0) is 36.4 Å². The molecule has 150 valence electrons. The zero-order valence-corrected chi connectivity index (χ0v) is 16.4. The summed E-state index contributed by atoms with van der Waals surface area (Å²) in [6, 6.07) is 13.8. The molecule has 0 unspecified atom stereocenters. The molecule has 0 aliphatic carbocycles. The van der Waals surface area contributed by atoms with E-state index in [1.54, 1.807) is 30.3 Å². The van der Waals surface area contributed by atoms with Crippen LogP contribution in [0.25, 0.3) is 0 Å². The molecule has 9 heteroatoms. The number of esters is 1. The highest BCUT2D eigenvalue weighted by Gasteiger charge is 2.37. The van der Waals surface area contributed by atoms with E-state index in [1.807, 2.05) is 0 Å². The van der Waals surface area contributed by atoms with Crippen molar-refractivity contribution >= 4 is 27.7 Å². The third kappa shape index (κ3) is 5.30. The van der Waals surface area contributed by atoms with Gasteiger partial charge in [-0.2, -0.15) is 8.42 Å². The molecule has 0 saturated carbocycles. The fourth-order valence-corrected chi connectivity index (χ4v) is 3.41. The lowest BCUT2D eigenvalue weighted by molar-refractivity contribution is -0.153. The first-order valence-electron chi connectivity index (χ1n) is 8.29. The summed E-state index contributed by atoms with van der Waals surface area (Å²) < 4.78 is 39.6. The minimum Gasteiger partial charge on any atom is -0.497 e. The van der Waals surface area contributed by atoms with Crippen LogP contribution in [0.15, 0.2) is 59.5 Å². The average molecular weight is 407 g/mol. The van der Waals surface area contributed by atoms with Crippen molar-refractivity contribution in [2.75, 3.05) is 19.5 Å². The van der Waals surface area contributed by atoms with Gasteiger partial charge in [0.1, 0.15) is 5.75 Å². The number of hydrogen-bond donors (Lipinski definition) is 1. The second-order valence-corrected chi connectivity index (χ2v) is 7.39. The molecule has 0 spiro atoms. The predicted molar refractivity (Wildman–Crippen MR) is 101 cm³/mol. The van der Waals surface area contributed by atoms with Crippen LogP contribution in [0.3, 0.4) is 0 Å². The Kier molecular flexibility index (Phi) is 7.13. The van der Waals surface area contributed by atoms with E-state index in [4.69, 9.17) is 8.92 Å². The largest absolute Gasteiger partial charge is 0.497 e. The van der Waals surface area contributed by atoms with Crippen molar-refractivity contribution in [3.05, 3.63) is 54.6 Å². The summed E-state index contributed by atoms with van der Waals surface area (Å²) in [6.45, 7) is 1.38. The molecule has 0 aromatic heterocycles. The lowest BCUT2D eigenvalue weighted by Gasteiger charge is -2.21. The fraction of sp³-hybridized carbons (Fsp3) is 0.263. The Labute approximate surface area is 163 Å². The maximum Gasteiger partial charge on any atom is 0.337 e. The third-order valence-electron chi connectivity index (χ3n) is 3.92. The van der Waals surface area contributed by atoms with Crippen molar-refractivity contribution in [2.45, 2.75) is 17.9 Å². The van der Waals surface area contributed by atoms with Gasteiger partial charge >= 0.3 is 5.97 Å². The van der Waals surface area contributed by atoms with Gasteiger partial charge in [0.15, 0.2) is 6.10 Å². The summed E-state index contributed by atoms with van der Waals surface area (Å²) in [5.74, 6) is -2.12. The summed E-state index contributed by atoms with van der Waals surface area (Å²) in [5.41, 5.74) is 0.451. The molecule has 0 heterocycles. The first-order valence-corrected chi connectivity index (χ1v) is 9.70. The van der Waals surface area contributed by atoms with Crippen molar-refractivity contribution in [3.63, 3.8) is 0 Å². The highest BCUT2D eigenvalue weighted by atomic mass is 32.2. The summed E-state index contributed by atoms with van der Waals surface area (Å²) in [7, 11) is -1.67. The van der Waals surface area contributed by atoms with E-state index in [0.29, 0.717) is 11.4 Å². The van der Waals surface area contributed by atoms with E-state index in [-0.39, 0.29) is 4.90 Å². The van der Waals surface area contributed by atoms with Crippen LogP contribution in [-0.2, 0) is 28.6 Å². The minimum absolute atomic E-state index is 0.133. The number of hydrogen-bond acceptors (Lipinski definition) is 7. The van der Waals surface area contributed by atoms with Gasteiger partial charge in [0.05, 0.1) is 25.0 Å². The quantitative estimate of drug-likeness (QED) is 0.528. The molecule has 1 amide bonds. The van der Waals surface area contributed by atoms with Crippen LogP contribution < -0.4 is 10.1 Å². The summed E-state index contributed by atoms with van der Waals surface area (Å²) >= 11 is 0. The van der Waals surface area contributed by atoms with E-state index in [0.717, 1.165) is 7.11 Å². The SMILES string of the molecule is COC(=O)[C@@H](OS(=O)(=O)c1ccccc1)[C@@H](C)C(=O)Nc1ccc(OC)cc1. The van der Waals surface area contributed by atoms with Crippen LogP contribution in [0.4, 0.5) is 5.69 Å². The normalized spacial score (nSPS) is 13.2. The van der Waals surface area contributed by atoms with Crippen molar-refractivity contribution in [3.8, 4) is 5.75 Å². The minimum atomic E-state index is -4.27. The number of carbonyl (C=O) groups is 2. The van der Waals surface area contributed by atoms with Gasteiger partial charge in [-0.25, -0.2) is 4.79 Å². The van der Waals surface area contributed by atoms with E-state index >= 15 is 0 Å². The molecule has 0 fully saturated rings. The molecule has 0 bridgehead atoms. The number of nitrogens with one attached hydrogen (secondary N) is 1. The zero-order chi connectivity index (χ0) is 20.7. The summed E-state index contributed by atoms with van der Waals surface area (Å²) in [4.78, 5) is 24.5. The maximum atomic E-state index is 12.5. The molecular weight excluding hydrogens is 386 g/mol. The smallest absolute Gasteiger partial charge is 0.337 e. The Hall–Kier alpha value is -2.91. The monoisotopic (exact) mass is 407 g/mol. The molecule has 2 rings (SSSR count). The molecule has 0 aliphatic rings. The number of anilines is 1. The first-order chi connectivity index (χ1) is 13.3. The molecule has 0 radical (unpaired) electrons. The summed E-state index contributed by atoms with van der Waals surface area (Å²) in [5, 5.41) is 2.60.